The SMILES string of the molecule is C1CCOC1.CC(CC[C@H](O)C(C)C)[C@H]1CCC2C3CC=C4C[C@@H](OC(=O)CCC(=O)O)CC[C@]4(C)C3CC[C@@]21C.CC(CC[C@H](O)C(C)C)[C@H]1CCC2C3CC=C4C[C@@H](OC(=O)CCC(=O)ON5C(=O)CCC5=O)CC[C@]4(C)C3CC[C@@]21C. The first kappa shape index (κ1) is 66.3. The van der Waals surface area contributed by atoms with E-state index >= 15 is 0 Å². The molecule has 0 aromatic carbocycles. The van der Waals surface area contributed by atoms with Gasteiger partial charge in [0.15, 0.2) is 0 Å². The molecule has 14 heteroatoms. The summed E-state index contributed by atoms with van der Waals surface area (Å²) < 4.78 is 16.4. The number of imide groups is 1. The van der Waals surface area contributed by atoms with Crippen molar-refractivity contribution in [3.8, 4) is 0 Å². The number of carbonyl (C=O) groups is 6. The average molecular weight is 1170 g/mol. The second kappa shape index (κ2) is 28.3. The molecule has 2 amide bonds. The number of esters is 2. The lowest BCUT2D eigenvalue weighted by Gasteiger charge is -2.58. The van der Waals surface area contributed by atoms with Crippen LogP contribution in [0.25, 0.3) is 0 Å². The van der Waals surface area contributed by atoms with E-state index in [0.717, 1.165) is 126 Å². The third-order valence-corrected chi connectivity index (χ3v) is 24.7. The summed E-state index contributed by atoms with van der Waals surface area (Å²) >= 11 is 0. The second-order valence-corrected chi connectivity index (χ2v) is 30.2. The lowest BCUT2D eigenvalue weighted by molar-refractivity contribution is -0.197. The molecule has 10 aliphatic rings. The molecule has 18 atom stereocenters. The Labute approximate surface area is 504 Å². The van der Waals surface area contributed by atoms with E-state index in [9.17, 15) is 39.0 Å². The van der Waals surface area contributed by atoms with Gasteiger partial charge in [-0.25, -0.2) is 4.79 Å². The number of fused-ring (bicyclic) bond motifs is 10. The summed E-state index contributed by atoms with van der Waals surface area (Å²) in [7, 11) is 0. The molecule has 0 aromatic rings. The van der Waals surface area contributed by atoms with Crippen LogP contribution in [0.3, 0.4) is 0 Å². The molecule has 14 nitrogen and oxygen atoms in total. The van der Waals surface area contributed by atoms with Crippen LogP contribution >= 0.6 is 0 Å². The number of ether oxygens (including phenoxy) is 3. The highest BCUT2D eigenvalue weighted by Gasteiger charge is 2.61. The molecule has 84 heavy (non-hydrogen) atoms. The van der Waals surface area contributed by atoms with Crippen LogP contribution in [0.5, 0.6) is 0 Å². The zero-order valence-corrected chi connectivity index (χ0v) is 53.5. The van der Waals surface area contributed by atoms with Gasteiger partial charge in [0.1, 0.15) is 12.2 Å². The van der Waals surface area contributed by atoms with E-state index in [-0.39, 0.29) is 79.7 Å². The number of rotatable bonds is 19. The van der Waals surface area contributed by atoms with E-state index in [4.69, 9.17) is 24.2 Å². The van der Waals surface area contributed by atoms with Crippen LogP contribution < -0.4 is 0 Å². The summed E-state index contributed by atoms with van der Waals surface area (Å²) in [5.41, 5.74) is 4.09. The van der Waals surface area contributed by atoms with Crippen molar-refractivity contribution < 1.29 is 63.1 Å². The molecular weight excluding hydrogens is 1060 g/mol. The highest BCUT2D eigenvalue weighted by atomic mass is 16.7. The maximum atomic E-state index is 12.6. The quantitative estimate of drug-likeness (QED) is 0.0627. The van der Waals surface area contributed by atoms with Crippen LogP contribution in [0.4, 0.5) is 0 Å². The maximum Gasteiger partial charge on any atom is 0.333 e. The number of carboxylic acid groups (broad SMARTS) is 1. The molecule has 2 saturated heterocycles. The Morgan fingerprint density at radius 3 is 1.37 bits per heavy atom. The van der Waals surface area contributed by atoms with Crippen LogP contribution in [0.15, 0.2) is 23.3 Å². The Morgan fingerprint density at radius 1 is 0.560 bits per heavy atom. The molecule has 2 heterocycles. The third-order valence-electron chi connectivity index (χ3n) is 24.7. The van der Waals surface area contributed by atoms with E-state index in [2.05, 4.69) is 81.4 Å². The first-order valence-corrected chi connectivity index (χ1v) is 33.8. The summed E-state index contributed by atoms with van der Waals surface area (Å²) in [6.07, 6.45) is 28.6. The fourth-order valence-electron chi connectivity index (χ4n) is 19.6. The fourth-order valence-corrected chi connectivity index (χ4v) is 19.6. The number of amides is 2. The van der Waals surface area contributed by atoms with Crippen molar-refractivity contribution in [3.63, 3.8) is 0 Å². The second-order valence-electron chi connectivity index (χ2n) is 30.2. The molecule has 0 aromatic heterocycles. The number of hydrogen-bond donors (Lipinski definition) is 3. The summed E-state index contributed by atoms with van der Waals surface area (Å²) in [6, 6.07) is 0. The Hall–Kier alpha value is -3.62. The van der Waals surface area contributed by atoms with Gasteiger partial charge in [0, 0.05) is 38.9 Å². The molecule has 8 aliphatic carbocycles. The van der Waals surface area contributed by atoms with Crippen molar-refractivity contribution >= 4 is 35.7 Å². The molecule has 0 radical (unpaired) electrons. The van der Waals surface area contributed by atoms with Gasteiger partial charge in [-0.1, -0.05) is 92.5 Å². The van der Waals surface area contributed by atoms with Crippen molar-refractivity contribution in [1.82, 2.24) is 5.06 Å². The van der Waals surface area contributed by atoms with Crippen LogP contribution in [0, 0.1) is 92.7 Å². The molecule has 8 fully saturated rings. The maximum absolute atomic E-state index is 12.6. The number of aliphatic carboxylic acids is 1. The Bertz CT molecular complexity index is 2350. The minimum atomic E-state index is -0.954. The molecule has 0 spiro atoms. The topological polar surface area (TPSA) is 203 Å². The van der Waals surface area contributed by atoms with Gasteiger partial charge >= 0.3 is 23.9 Å². The van der Waals surface area contributed by atoms with Gasteiger partial charge in [0.2, 0.25) is 0 Å². The Kier molecular flexibility index (Phi) is 22.3. The number of aliphatic hydroxyl groups is 2. The molecule has 10 rings (SSSR count). The number of hydroxylamine groups is 2. The van der Waals surface area contributed by atoms with Crippen molar-refractivity contribution in [2.45, 2.75) is 273 Å². The van der Waals surface area contributed by atoms with E-state index in [0.29, 0.717) is 51.4 Å². The first-order valence-electron chi connectivity index (χ1n) is 33.8. The minimum Gasteiger partial charge on any atom is -0.481 e. The molecule has 3 N–H and O–H groups in total. The standard InChI is InChI=1S/C35H53NO7.C31H50O5.C4H8O/c1-21(2)29(37)11-6-22(3)26-9-10-27-25-8-7-23-20-24(16-18-34(23,4)28(25)17-19-35(26,27)5)42-32(40)14-15-33(41)43-36-30(38)12-13-31(36)39;1-19(2)27(32)11-6-20(3)24-9-10-25-23-8-7-21-18-22(36-29(35)13-12-28(33)34)14-16-30(21,4)26(23)15-17-31(24,25)5;1-2-4-5-3-1/h7,21-22,24-29,37H,6,8-20H2,1-5H3;7,19-20,22-27,32H,6,8-18H2,1-5H3,(H,33,34);1-4H2/t22?,24-,25?,26+,27?,28?,29-,34-,35+;20?,22-,23?,24+,25?,26?,27-,30-,31+;/m00./s1. The third kappa shape index (κ3) is 14.7. The number of carboxylic acids is 1. The van der Waals surface area contributed by atoms with Crippen molar-refractivity contribution in [2.75, 3.05) is 13.2 Å². The van der Waals surface area contributed by atoms with Crippen LogP contribution in [-0.2, 0) is 47.8 Å². The van der Waals surface area contributed by atoms with Gasteiger partial charge in [0.25, 0.3) is 11.8 Å². The predicted molar refractivity (Wildman–Crippen MR) is 322 cm³/mol. The van der Waals surface area contributed by atoms with Crippen LogP contribution in [0.1, 0.15) is 249 Å². The monoisotopic (exact) mass is 1170 g/mol. The zero-order chi connectivity index (χ0) is 60.9. The molecule has 6 saturated carbocycles. The summed E-state index contributed by atoms with van der Waals surface area (Å²) in [4.78, 5) is 75.8. The van der Waals surface area contributed by atoms with Crippen LogP contribution in [0.2, 0.25) is 0 Å². The van der Waals surface area contributed by atoms with Gasteiger partial charge < -0.3 is 34.4 Å². The summed E-state index contributed by atoms with van der Waals surface area (Å²) in [6.45, 7) is 25.4. The smallest absolute Gasteiger partial charge is 0.333 e. The predicted octanol–water partition coefficient (Wildman–Crippen LogP) is 13.9. The van der Waals surface area contributed by atoms with Crippen molar-refractivity contribution in [3.05, 3.63) is 23.3 Å². The van der Waals surface area contributed by atoms with Crippen LogP contribution in [-0.4, -0.2) is 93.7 Å². The highest BCUT2D eigenvalue weighted by molar-refractivity contribution is 6.01. The van der Waals surface area contributed by atoms with Gasteiger partial charge in [-0.2, -0.15) is 0 Å². The number of hydrogen-bond acceptors (Lipinski definition) is 12. The van der Waals surface area contributed by atoms with E-state index in [1.54, 1.807) is 0 Å². The summed E-state index contributed by atoms with van der Waals surface area (Å²) in [5, 5.41) is 30.1. The Balaban J connectivity index is 0.000000204. The lowest BCUT2D eigenvalue weighted by atomic mass is 9.47. The van der Waals surface area contributed by atoms with E-state index in [1.165, 1.54) is 75.4 Å². The highest BCUT2D eigenvalue weighted by Crippen LogP contribution is 2.69. The fraction of sp³-hybridized carbons (Fsp3) is 0.857. The normalized spacial score (nSPS) is 37.2. The van der Waals surface area contributed by atoms with Gasteiger partial charge in [-0.05, 0) is 221 Å². The first-order chi connectivity index (χ1) is 39.8. The molecular formula is C70H111NO13. The number of nitrogens with zero attached hydrogens (tertiary/aromatic N) is 1. The van der Waals surface area contributed by atoms with E-state index < -0.39 is 29.7 Å². The summed E-state index contributed by atoms with van der Waals surface area (Å²) in [5.74, 6) is 4.26. The number of aliphatic hydroxyl groups excluding tert-OH is 2. The zero-order valence-electron chi connectivity index (χ0n) is 53.5. The van der Waals surface area contributed by atoms with Crippen molar-refractivity contribution in [1.29, 1.82) is 0 Å². The molecule has 2 aliphatic heterocycles. The van der Waals surface area contributed by atoms with Gasteiger partial charge in [-0.15, -0.1) is 5.06 Å². The molecule has 8 unspecified atom stereocenters. The number of allylic oxidation sites excluding steroid dienone is 2. The minimum absolute atomic E-state index is 0.0379. The van der Waals surface area contributed by atoms with E-state index in [1.807, 2.05) is 0 Å². The average Bonchev–Trinajstić information content (AvgIpc) is 1.38. The van der Waals surface area contributed by atoms with Crippen molar-refractivity contribution in [2.24, 2.45) is 92.7 Å². The number of carbonyl (C=O) groups excluding carboxylic acids is 5. The molecule has 0 bridgehead atoms. The van der Waals surface area contributed by atoms with Gasteiger partial charge in [0.05, 0.1) is 37.9 Å². The lowest BCUT2D eigenvalue weighted by Crippen LogP contribution is -2.51. The largest absolute Gasteiger partial charge is 0.481 e. The molecule has 474 valence electrons. The Morgan fingerprint density at radius 2 is 0.976 bits per heavy atom. The van der Waals surface area contributed by atoms with Gasteiger partial charge in [-0.3, -0.25) is 24.0 Å².